The lowest BCUT2D eigenvalue weighted by atomic mass is 10.1. The molecule has 1 amide bonds. The zero-order chi connectivity index (χ0) is 16.8. The van der Waals surface area contributed by atoms with Gasteiger partial charge in [0.25, 0.3) is 0 Å². The van der Waals surface area contributed by atoms with Crippen molar-refractivity contribution in [3.05, 3.63) is 58.4 Å². The number of hydrogen-bond acceptors (Lipinski definition) is 3. The average Bonchev–Trinajstić information content (AvgIpc) is 2.79. The van der Waals surface area contributed by atoms with E-state index in [0.29, 0.717) is 18.1 Å². The van der Waals surface area contributed by atoms with Crippen LogP contribution >= 0.6 is 11.6 Å². The predicted octanol–water partition coefficient (Wildman–Crippen LogP) is 2.64. The maximum Gasteiger partial charge on any atom is 0.244 e. The van der Waals surface area contributed by atoms with Gasteiger partial charge in [-0.05, 0) is 25.0 Å². The lowest BCUT2D eigenvalue weighted by Gasteiger charge is -2.10. The molecule has 0 aliphatic carbocycles. The molecular formula is C17H20ClN3O2. The van der Waals surface area contributed by atoms with Crippen LogP contribution in [0.3, 0.4) is 0 Å². The molecule has 0 radical (unpaired) electrons. The van der Waals surface area contributed by atoms with Gasteiger partial charge >= 0.3 is 0 Å². The number of nitrogens with zero attached hydrogens (tertiary/aromatic N) is 2. The van der Waals surface area contributed by atoms with Crippen LogP contribution in [0, 0.1) is 6.92 Å². The van der Waals surface area contributed by atoms with Gasteiger partial charge in [0, 0.05) is 25.2 Å². The van der Waals surface area contributed by atoms with E-state index in [-0.39, 0.29) is 5.91 Å². The summed E-state index contributed by atoms with van der Waals surface area (Å²) in [6.45, 7) is 2.22. The molecule has 0 aliphatic rings. The third-order valence-electron chi connectivity index (χ3n) is 3.50. The fraction of sp³-hybridized carbons (Fsp3) is 0.294. The van der Waals surface area contributed by atoms with E-state index in [9.17, 15) is 9.90 Å². The summed E-state index contributed by atoms with van der Waals surface area (Å²) >= 11 is 6.10. The molecule has 1 heterocycles. The second-order valence-electron chi connectivity index (χ2n) is 5.25. The van der Waals surface area contributed by atoms with E-state index >= 15 is 0 Å². The summed E-state index contributed by atoms with van der Waals surface area (Å²) in [4.78, 5) is 11.8. The molecule has 1 atom stereocenters. The Kier molecular flexibility index (Phi) is 5.96. The van der Waals surface area contributed by atoms with Crippen LogP contribution in [0.1, 0.15) is 29.3 Å². The molecule has 2 N–H and O–H groups in total. The van der Waals surface area contributed by atoms with Crippen molar-refractivity contribution in [3.8, 4) is 0 Å². The highest BCUT2D eigenvalue weighted by Gasteiger charge is 2.09. The molecule has 0 bridgehead atoms. The molecule has 0 saturated carbocycles. The van der Waals surface area contributed by atoms with Gasteiger partial charge in [0.2, 0.25) is 5.91 Å². The lowest BCUT2D eigenvalue weighted by Crippen LogP contribution is -2.23. The molecule has 0 fully saturated rings. The molecule has 1 unspecified atom stereocenters. The first-order valence-electron chi connectivity index (χ1n) is 7.37. The third kappa shape index (κ3) is 4.68. The van der Waals surface area contributed by atoms with E-state index < -0.39 is 6.10 Å². The second kappa shape index (κ2) is 7.94. The van der Waals surface area contributed by atoms with Crippen molar-refractivity contribution in [3.63, 3.8) is 0 Å². The van der Waals surface area contributed by atoms with Crippen molar-refractivity contribution in [2.24, 2.45) is 7.05 Å². The number of rotatable bonds is 6. The molecule has 2 aromatic rings. The van der Waals surface area contributed by atoms with Crippen LogP contribution in [-0.2, 0) is 11.8 Å². The fourth-order valence-corrected chi connectivity index (χ4v) is 2.47. The number of aromatic nitrogens is 2. The molecular weight excluding hydrogens is 314 g/mol. The van der Waals surface area contributed by atoms with Crippen LogP contribution in [0.4, 0.5) is 0 Å². The average molecular weight is 334 g/mol. The minimum absolute atomic E-state index is 0.232. The van der Waals surface area contributed by atoms with E-state index in [4.69, 9.17) is 11.6 Å². The smallest absolute Gasteiger partial charge is 0.244 e. The quantitative estimate of drug-likeness (QED) is 0.799. The van der Waals surface area contributed by atoms with E-state index in [2.05, 4.69) is 10.4 Å². The highest BCUT2D eigenvalue weighted by Crippen LogP contribution is 2.20. The molecule has 5 nitrogen and oxygen atoms in total. The normalized spacial score (nSPS) is 12.5. The van der Waals surface area contributed by atoms with Gasteiger partial charge in [-0.25, -0.2) is 0 Å². The molecule has 23 heavy (non-hydrogen) atoms. The Bertz CT molecular complexity index is 695. The molecule has 0 saturated heterocycles. The topological polar surface area (TPSA) is 67.2 Å². The Balaban J connectivity index is 1.82. The van der Waals surface area contributed by atoms with Crippen molar-refractivity contribution in [1.82, 2.24) is 15.1 Å². The SMILES string of the molecule is Cc1nn(C)c(Cl)c1C=CC(=O)NCCC(O)c1ccccc1. The number of aliphatic hydroxyl groups is 1. The van der Waals surface area contributed by atoms with Gasteiger partial charge in [0.1, 0.15) is 5.15 Å². The monoisotopic (exact) mass is 333 g/mol. The van der Waals surface area contributed by atoms with Crippen molar-refractivity contribution in [1.29, 1.82) is 0 Å². The highest BCUT2D eigenvalue weighted by atomic mass is 35.5. The number of benzene rings is 1. The summed E-state index contributed by atoms with van der Waals surface area (Å²) in [6.07, 6.45) is 2.93. The summed E-state index contributed by atoms with van der Waals surface area (Å²) in [5, 5.41) is 17.4. The number of hydrogen-bond donors (Lipinski definition) is 2. The molecule has 0 aliphatic heterocycles. The van der Waals surface area contributed by atoms with E-state index in [1.165, 1.54) is 6.08 Å². The van der Waals surface area contributed by atoms with Gasteiger partial charge in [-0.2, -0.15) is 5.10 Å². The van der Waals surface area contributed by atoms with Crippen LogP contribution in [0.2, 0.25) is 5.15 Å². The Hall–Kier alpha value is -2.11. The fourth-order valence-electron chi connectivity index (χ4n) is 2.23. The van der Waals surface area contributed by atoms with E-state index in [1.54, 1.807) is 17.8 Å². The minimum atomic E-state index is -0.588. The Labute approximate surface area is 140 Å². The molecule has 1 aromatic carbocycles. The van der Waals surface area contributed by atoms with Gasteiger partial charge in [-0.15, -0.1) is 0 Å². The maximum atomic E-state index is 11.8. The lowest BCUT2D eigenvalue weighted by molar-refractivity contribution is -0.116. The first-order chi connectivity index (χ1) is 11.0. The molecule has 0 spiro atoms. The first kappa shape index (κ1) is 17.2. The van der Waals surface area contributed by atoms with Crippen molar-refractivity contribution in [2.75, 3.05) is 6.54 Å². The number of aliphatic hydroxyl groups excluding tert-OH is 1. The Morgan fingerprint density at radius 1 is 1.43 bits per heavy atom. The minimum Gasteiger partial charge on any atom is -0.388 e. The van der Waals surface area contributed by atoms with Crippen molar-refractivity contribution >= 4 is 23.6 Å². The van der Waals surface area contributed by atoms with Crippen molar-refractivity contribution in [2.45, 2.75) is 19.4 Å². The number of amides is 1. The zero-order valence-corrected chi connectivity index (χ0v) is 13.9. The zero-order valence-electron chi connectivity index (χ0n) is 13.2. The number of carbonyl (C=O) groups excluding carboxylic acids is 1. The van der Waals surface area contributed by atoms with Crippen LogP contribution in [0.25, 0.3) is 6.08 Å². The maximum absolute atomic E-state index is 11.8. The Morgan fingerprint density at radius 3 is 2.74 bits per heavy atom. The largest absolute Gasteiger partial charge is 0.388 e. The van der Waals surface area contributed by atoms with Gasteiger partial charge < -0.3 is 10.4 Å². The summed E-state index contributed by atoms with van der Waals surface area (Å²) in [7, 11) is 1.75. The van der Waals surface area contributed by atoms with E-state index in [1.807, 2.05) is 37.3 Å². The van der Waals surface area contributed by atoms with Crippen LogP contribution in [0.5, 0.6) is 0 Å². The second-order valence-corrected chi connectivity index (χ2v) is 5.61. The van der Waals surface area contributed by atoms with Gasteiger partial charge in [0.15, 0.2) is 0 Å². The highest BCUT2D eigenvalue weighted by molar-refractivity contribution is 6.31. The molecule has 6 heteroatoms. The Morgan fingerprint density at radius 2 is 2.13 bits per heavy atom. The van der Waals surface area contributed by atoms with Gasteiger partial charge in [-0.3, -0.25) is 9.48 Å². The molecule has 1 aromatic heterocycles. The van der Waals surface area contributed by atoms with Crippen molar-refractivity contribution < 1.29 is 9.90 Å². The summed E-state index contributed by atoms with van der Waals surface area (Å²) in [5.74, 6) is -0.232. The number of carbonyl (C=O) groups is 1. The van der Waals surface area contributed by atoms with Gasteiger partial charge in [0.05, 0.1) is 11.8 Å². The first-order valence-corrected chi connectivity index (χ1v) is 7.75. The van der Waals surface area contributed by atoms with Crippen LogP contribution in [-0.4, -0.2) is 27.3 Å². The summed E-state index contributed by atoms with van der Waals surface area (Å²) in [5.41, 5.74) is 2.34. The number of halogens is 1. The molecule has 2 rings (SSSR count). The summed E-state index contributed by atoms with van der Waals surface area (Å²) < 4.78 is 1.56. The van der Waals surface area contributed by atoms with Gasteiger partial charge in [-0.1, -0.05) is 41.9 Å². The third-order valence-corrected chi connectivity index (χ3v) is 3.95. The van der Waals surface area contributed by atoms with E-state index in [0.717, 1.165) is 16.8 Å². The number of nitrogens with one attached hydrogen (secondary N) is 1. The molecule has 122 valence electrons. The van der Waals surface area contributed by atoms with Crippen LogP contribution < -0.4 is 5.32 Å². The standard InChI is InChI=1S/C17H20ClN3O2/c1-12-14(17(18)21(2)20-12)8-9-16(23)19-11-10-15(22)13-6-4-3-5-7-13/h3-9,15,22H,10-11H2,1-2H3,(H,19,23). The number of aryl methyl sites for hydroxylation is 2. The van der Waals surface area contributed by atoms with Crippen LogP contribution in [0.15, 0.2) is 36.4 Å². The summed E-state index contributed by atoms with van der Waals surface area (Å²) in [6, 6.07) is 9.37. The predicted molar refractivity (Wildman–Crippen MR) is 91.0 cm³/mol.